The summed E-state index contributed by atoms with van der Waals surface area (Å²) in [6.45, 7) is 4.05. The second-order valence-corrected chi connectivity index (χ2v) is 5.28. The molecule has 0 atom stereocenters. The molecular weight excluding hydrogens is 264 g/mol. The summed E-state index contributed by atoms with van der Waals surface area (Å²) >= 11 is 0. The second kappa shape index (κ2) is 5.58. The highest BCUT2D eigenvalue weighted by Gasteiger charge is 2.06. The quantitative estimate of drug-likeness (QED) is 0.798. The van der Waals surface area contributed by atoms with Crippen molar-refractivity contribution in [3.8, 4) is 17.0 Å². The van der Waals surface area contributed by atoms with Gasteiger partial charge in [0.1, 0.15) is 11.4 Å². The molecule has 4 nitrogen and oxygen atoms in total. The topological polar surface area (TPSA) is 46.8 Å². The Labute approximate surface area is 123 Å². The van der Waals surface area contributed by atoms with E-state index in [0.717, 1.165) is 28.2 Å². The lowest BCUT2D eigenvalue weighted by atomic mass is 10.1. The van der Waals surface area contributed by atoms with Crippen molar-refractivity contribution < 1.29 is 9.84 Å². The molecule has 0 unspecified atom stereocenters. The van der Waals surface area contributed by atoms with E-state index in [1.807, 2.05) is 67.0 Å². The van der Waals surface area contributed by atoms with Crippen molar-refractivity contribution in [1.82, 2.24) is 9.38 Å². The van der Waals surface area contributed by atoms with E-state index in [4.69, 9.17) is 4.74 Å². The van der Waals surface area contributed by atoms with E-state index in [1.54, 1.807) is 0 Å². The average Bonchev–Trinajstić information content (AvgIpc) is 2.90. The standard InChI is InChI=1S/C17H18N2O2/c1-12(2)21-15-6-4-14(5-7-15)16-10-19-9-13(11-20)3-8-17(19)18-16/h3-10,12,20H,11H2,1-2H3. The van der Waals surface area contributed by atoms with E-state index in [0.29, 0.717) is 0 Å². The fraction of sp³-hybridized carbons (Fsp3) is 0.235. The zero-order valence-electron chi connectivity index (χ0n) is 12.2. The highest BCUT2D eigenvalue weighted by atomic mass is 16.5. The number of aliphatic hydroxyl groups excluding tert-OH is 1. The first-order valence-electron chi connectivity index (χ1n) is 7.01. The van der Waals surface area contributed by atoms with Crippen LogP contribution in [0.1, 0.15) is 19.4 Å². The van der Waals surface area contributed by atoms with Crippen LogP contribution in [0.4, 0.5) is 0 Å². The van der Waals surface area contributed by atoms with Crippen molar-refractivity contribution in [2.24, 2.45) is 0 Å². The highest BCUT2D eigenvalue weighted by molar-refractivity contribution is 5.63. The van der Waals surface area contributed by atoms with Crippen molar-refractivity contribution in [2.75, 3.05) is 0 Å². The maximum atomic E-state index is 9.18. The molecule has 0 aliphatic heterocycles. The van der Waals surface area contributed by atoms with Crippen LogP contribution in [0.2, 0.25) is 0 Å². The summed E-state index contributed by atoms with van der Waals surface area (Å²) in [7, 11) is 0. The van der Waals surface area contributed by atoms with Crippen LogP contribution >= 0.6 is 0 Å². The summed E-state index contributed by atoms with van der Waals surface area (Å²) in [6.07, 6.45) is 4.03. The summed E-state index contributed by atoms with van der Waals surface area (Å²) in [5.74, 6) is 0.861. The number of fused-ring (bicyclic) bond motifs is 1. The molecule has 0 amide bonds. The molecule has 0 radical (unpaired) electrons. The van der Waals surface area contributed by atoms with Crippen molar-refractivity contribution in [3.05, 3.63) is 54.4 Å². The van der Waals surface area contributed by atoms with Gasteiger partial charge >= 0.3 is 0 Å². The number of benzene rings is 1. The van der Waals surface area contributed by atoms with E-state index in [9.17, 15) is 5.11 Å². The SMILES string of the molecule is CC(C)Oc1ccc(-c2cn3cc(CO)ccc3n2)cc1. The van der Waals surface area contributed by atoms with Crippen LogP contribution in [0, 0.1) is 0 Å². The predicted molar refractivity (Wildman–Crippen MR) is 82.3 cm³/mol. The molecule has 0 fully saturated rings. The van der Waals surface area contributed by atoms with Crippen LogP contribution < -0.4 is 4.74 Å². The molecule has 0 bridgehead atoms. The molecule has 3 rings (SSSR count). The van der Waals surface area contributed by atoms with Crippen LogP contribution in [0.15, 0.2) is 48.8 Å². The lowest BCUT2D eigenvalue weighted by Gasteiger charge is -2.09. The van der Waals surface area contributed by atoms with E-state index in [2.05, 4.69) is 4.98 Å². The van der Waals surface area contributed by atoms with Gasteiger partial charge in [-0.25, -0.2) is 4.98 Å². The Morgan fingerprint density at radius 2 is 1.86 bits per heavy atom. The molecule has 108 valence electrons. The fourth-order valence-electron chi connectivity index (χ4n) is 2.25. The van der Waals surface area contributed by atoms with Gasteiger partial charge in [-0.1, -0.05) is 6.07 Å². The Hall–Kier alpha value is -2.33. The van der Waals surface area contributed by atoms with E-state index in [1.165, 1.54) is 0 Å². The normalized spacial score (nSPS) is 11.2. The van der Waals surface area contributed by atoms with E-state index < -0.39 is 0 Å². The van der Waals surface area contributed by atoms with Gasteiger partial charge in [0.25, 0.3) is 0 Å². The molecule has 0 aliphatic rings. The maximum Gasteiger partial charge on any atom is 0.137 e. The van der Waals surface area contributed by atoms with Gasteiger partial charge in [0.15, 0.2) is 0 Å². The maximum absolute atomic E-state index is 9.18. The van der Waals surface area contributed by atoms with Gasteiger partial charge in [-0.05, 0) is 49.7 Å². The molecule has 0 spiro atoms. The van der Waals surface area contributed by atoms with Crippen molar-refractivity contribution >= 4 is 5.65 Å². The molecule has 0 saturated heterocycles. The van der Waals surface area contributed by atoms with Gasteiger partial charge in [0.05, 0.1) is 18.4 Å². The highest BCUT2D eigenvalue weighted by Crippen LogP contribution is 2.23. The largest absolute Gasteiger partial charge is 0.491 e. The number of ether oxygens (including phenoxy) is 1. The first-order valence-corrected chi connectivity index (χ1v) is 7.01. The molecule has 3 aromatic rings. The number of rotatable bonds is 4. The predicted octanol–water partition coefficient (Wildman–Crippen LogP) is 3.28. The van der Waals surface area contributed by atoms with E-state index in [-0.39, 0.29) is 12.7 Å². The Kier molecular flexibility index (Phi) is 3.62. The number of nitrogens with zero attached hydrogens (tertiary/aromatic N) is 2. The van der Waals surface area contributed by atoms with Crippen molar-refractivity contribution in [3.63, 3.8) is 0 Å². The first-order chi connectivity index (χ1) is 10.2. The summed E-state index contributed by atoms with van der Waals surface area (Å²) in [6, 6.07) is 11.7. The number of hydrogen-bond donors (Lipinski definition) is 1. The molecule has 1 N–H and O–H groups in total. The zero-order valence-corrected chi connectivity index (χ0v) is 12.2. The lowest BCUT2D eigenvalue weighted by Crippen LogP contribution is -2.05. The molecule has 1 aromatic carbocycles. The molecular formula is C17H18N2O2. The van der Waals surface area contributed by atoms with Crippen LogP contribution in [-0.2, 0) is 6.61 Å². The van der Waals surface area contributed by atoms with Crippen LogP contribution in [0.5, 0.6) is 5.75 Å². The Morgan fingerprint density at radius 3 is 2.52 bits per heavy atom. The minimum Gasteiger partial charge on any atom is -0.491 e. The van der Waals surface area contributed by atoms with Gasteiger partial charge in [-0.15, -0.1) is 0 Å². The lowest BCUT2D eigenvalue weighted by molar-refractivity contribution is 0.242. The summed E-state index contributed by atoms with van der Waals surface area (Å²) in [4.78, 5) is 4.59. The van der Waals surface area contributed by atoms with Gasteiger partial charge in [0, 0.05) is 18.0 Å². The minimum atomic E-state index is 0.0324. The van der Waals surface area contributed by atoms with Crippen molar-refractivity contribution in [2.45, 2.75) is 26.6 Å². The third-order valence-corrected chi connectivity index (χ3v) is 3.22. The van der Waals surface area contributed by atoms with Gasteiger partial charge in [0.2, 0.25) is 0 Å². The number of imidazole rings is 1. The fourth-order valence-corrected chi connectivity index (χ4v) is 2.25. The van der Waals surface area contributed by atoms with Crippen molar-refractivity contribution in [1.29, 1.82) is 0 Å². The molecule has 21 heavy (non-hydrogen) atoms. The summed E-state index contributed by atoms with van der Waals surface area (Å²) < 4.78 is 7.57. The number of pyridine rings is 1. The first kappa shape index (κ1) is 13.6. The summed E-state index contributed by atoms with van der Waals surface area (Å²) in [5, 5.41) is 9.18. The minimum absolute atomic E-state index is 0.0324. The Morgan fingerprint density at radius 1 is 1.10 bits per heavy atom. The molecule has 4 heteroatoms. The number of hydrogen-bond acceptors (Lipinski definition) is 3. The molecule has 0 saturated carbocycles. The average molecular weight is 282 g/mol. The van der Waals surface area contributed by atoms with Crippen LogP contribution in [-0.4, -0.2) is 20.6 Å². The Bertz CT molecular complexity index is 745. The monoisotopic (exact) mass is 282 g/mol. The van der Waals surface area contributed by atoms with Gasteiger partial charge in [-0.2, -0.15) is 0 Å². The third kappa shape index (κ3) is 2.90. The Balaban J connectivity index is 1.92. The number of aliphatic hydroxyl groups is 1. The second-order valence-electron chi connectivity index (χ2n) is 5.28. The van der Waals surface area contributed by atoms with Crippen LogP contribution in [0.25, 0.3) is 16.9 Å². The zero-order chi connectivity index (χ0) is 14.8. The van der Waals surface area contributed by atoms with Gasteiger partial charge in [-0.3, -0.25) is 0 Å². The van der Waals surface area contributed by atoms with Gasteiger partial charge < -0.3 is 14.2 Å². The van der Waals surface area contributed by atoms with Crippen LogP contribution in [0.3, 0.4) is 0 Å². The van der Waals surface area contributed by atoms with E-state index >= 15 is 0 Å². The third-order valence-electron chi connectivity index (χ3n) is 3.22. The molecule has 2 aromatic heterocycles. The smallest absolute Gasteiger partial charge is 0.137 e. The summed E-state index contributed by atoms with van der Waals surface area (Å²) in [5.41, 5.74) is 3.68. The molecule has 2 heterocycles. The number of aromatic nitrogens is 2. The molecule has 0 aliphatic carbocycles.